The quantitative estimate of drug-likeness (QED) is 0.250. The molecule has 2 saturated heterocycles. The number of piperidine rings is 1. The van der Waals surface area contributed by atoms with Gasteiger partial charge in [-0.3, -0.25) is 19.4 Å². The van der Waals surface area contributed by atoms with Crippen molar-refractivity contribution in [1.82, 2.24) is 14.7 Å². The van der Waals surface area contributed by atoms with Crippen LogP contribution in [0.5, 0.6) is 0 Å². The Bertz CT molecular complexity index is 1730. The molecule has 2 amide bonds. The van der Waals surface area contributed by atoms with E-state index >= 15 is 0 Å². The van der Waals surface area contributed by atoms with Gasteiger partial charge in [-0.1, -0.05) is 18.2 Å². The van der Waals surface area contributed by atoms with E-state index in [1.165, 1.54) is 0 Å². The standard InChI is InChI=1S/C36H36F10N4O2/c1-21-4-3-5-22(2)32(21)47-31(51)20-48-8-10-49(11-9-48)29-6-7-50(30(19-29)14-23-12-25(34(38,39)40)18-28(37)13-23)33(52)24-15-26(35(41,42)43)17-27(16-24)36(44,45)46/h3-5,12-13,15-18,29-30H,6-11,14,19-20H2,1-2H3,(H,47,51)/t29-,30+/m0/s1. The molecule has 2 fully saturated rings. The van der Waals surface area contributed by atoms with Crippen molar-refractivity contribution >= 4 is 17.5 Å². The summed E-state index contributed by atoms with van der Waals surface area (Å²) in [4.78, 5) is 31.7. The number of nitrogens with one attached hydrogen (secondary N) is 1. The summed E-state index contributed by atoms with van der Waals surface area (Å²) in [6.45, 7) is 5.67. The number of likely N-dealkylation sites (tertiary alicyclic amines) is 1. The van der Waals surface area contributed by atoms with Crippen LogP contribution in [0.25, 0.3) is 0 Å². The molecular weight excluding hydrogens is 710 g/mol. The molecule has 2 atom stereocenters. The van der Waals surface area contributed by atoms with Gasteiger partial charge in [0.15, 0.2) is 0 Å². The van der Waals surface area contributed by atoms with Gasteiger partial charge in [0, 0.05) is 56.1 Å². The molecule has 5 rings (SSSR count). The van der Waals surface area contributed by atoms with Crippen molar-refractivity contribution in [2.24, 2.45) is 0 Å². The molecular formula is C36H36F10N4O2. The van der Waals surface area contributed by atoms with E-state index in [-0.39, 0.29) is 55.9 Å². The molecule has 6 nitrogen and oxygen atoms in total. The molecule has 1 N–H and O–H groups in total. The largest absolute Gasteiger partial charge is 0.416 e. The predicted octanol–water partition coefficient (Wildman–Crippen LogP) is 7.97. The van der Waals surface area contributed by atoms with Gasteiger partial charge in [-0.2, -0.15) is 39.5 Å². The number of nitrogens with zero attached hydrogens (tertiary/aromatic N) is 3. The number of alkyl halides is 9. The van der Waals surface area contributed by atoms with Crippen LogP contribution in [0.2, 0.25) is 0 Å². The smallest absolute Gasteiger partial charge is 0.335 e. The zero-order valence-corrected chi connectivity index (χ0v) is 28.2. The minimum atomic E-state index is -5.21. The van der Waals surface area contributed by atoms with E-state index in [0.717, 1.165) is 27.8 Å². The summed E-state index contributed by atoms with van der Waals surface area (Å²) in [5.41, 5.74) is -3.10. The highest BCUT2D eigenvalue weighted by molar-refractivity contribution is 5.95. The minimum Gasteiger partial charge on any atom is -0.335 e. The lowest BCUT2D eigenvalue weighted by Gasteiger charge is -2.46. The van der Waals surface area contributed by atoms with Crippen molar-refractivity contribution in [3.05, 3.63) is 99.4 Å². The van der Waals surface area contributed by atoms with E-state index in [2.05, 4.69) is 10.2 Å². The minimum absolute atomic E-state index is 0.0983. The molecule has 0 bridgehead atoms. The molecule has 3 aromatic rings. The van der Waals surface area contributed by atoms with Gasteiger partial charge in [0.05, 0.1) is 23.2 Å². The number of hydrogen-bond acceptors (Lipinski definition) is 4. The van der Waals surface area contributed by atoms with Crippen LogP contribution in [0.15, 0.2) is 54.6 Å². The van der Waals surface area contributed by atoms with Crippen LogP contribution in [-0.4, -0.2) is 77.9 Å². The van der Waals surface area contributed by atoms with Crippen LogP contribution in [0.1, 0.15) is 56.6 Å². The fourth-order valence-corrected chi connectivity index (χ4v) is 6.95. The van der Waals surface area contributed by atoms with Crippen molar-refractivity contribution in [3.8, 4) is 0 Å². The zero-order valence-electron chi connectivity index (χ0n) is 28.2. The zero-order chi connectivity index (χ0) is 38.2. The van der Waals surface area contributed by atoms with Crippen molar-refractivity contribution < 1.29 is 53.5 Å². The van der Waals surface area contributed by atoms with E-state index in [1.54, 1.807) is 0 Å². The lowest BCUT2D eigenvalue weighted by atomic mass is 9.89. The normalized spacial score (nSPS) is 19.5. The Morgan fingerprint density at radius 3 is 1.87 bits per heavy atom. The number of aryl methyl sites for hydroxylation is 2. The number of hydrogen-bond donors (Lipinski definition) is 1. The van der Waals surface area contributed by atoms with Gasteiger partial charge >= 0.3 is 18.5 Å². The first kappa shape index (κ1) is 39.0. The molecule has 0 radical (unpaired) electrons. The number of para-hydroxylation sites is 1. The highest BCUT2D eigenvalue weighted by Gasteiger charge is 2.41. The summed E-state index contributed by atoms with van der Waals surface area (Å²) in [5, 5.41) is 2.95. The summed E-state index contributed by atoms with van der Waals surface area (Å²) < 4.78 is 137. The Kier molecular flexibility index (Phi) is 11.3. The summed E-state index contributed by atoms with van der Waals surface area (Å²) in [5.74, 6) is -2.55. The second-order valence-corrected chi connectivity index (χ2v) is 13.3. The number of carbonyl (C=O) groups is 2. The van der Waals surface area contributed by atoms with Crippen LogP contribution in [0.3, 0.4) is 0 Å². The van der Waals surface area contributed by atoms with Crippen LogP contribution in [0.4, 0.5) is 49.6 Å². The second kappa shape index (κ2) is 15.0. The Labute approximate surface area is 293 Å². The summed E-state index contributed by atoms with van der Waals surface area (Å²) in [6, 6.07) is 6.80. The van der Waals surface area contributed by atoms with Gasteiger partial charge in [-0.15, -0.1) is 0 Å². The summed E-state index contributed by atoms with van der Waals surface area (Å²) in [7, 11) is 0. The van der Waals surface area contributed by atoms with Crippen molar-refractivity contribution in [1.29, 1.82) is 0 Å². The molecule has 52 heavy (non-hydrogen) atoms. The van der Waals surface area contributed by atoms with Crippen molar-refractivity contribution in [2.75, 3.05) is 44.6 Å². The monoisotopic (exact) mass is 746 g/mol. The third-order valence-electron chi connectivity index (χ3n) is 9.58. The molecule has 0 aromatic heterocycles. The fourth-order valence-electron chi connectivity index (χ4n) is 6.95. The summed E-state index contributed by atoms with van der Waals surface area (Å²) >= 11 is 0. The van der Waals surface area contributed by atoms with Crippen LogP contribution in [-0.2, 0) is 29.7 Å². The first-order valence-corrected chi connectivity index (χ1v) is 16.5. The summed E-state index contributed by atoms with van der Waals surface area (Å²) in [6.07, 6.45) is -15.3. The van der Waals surface area contributed by atoms with E-state index in [1.807, 2.05) is 36.9 Å². The lowest BCUT2D eigenvalue weighted by Crippen LogP contribution is -2.57. The van der Waals surface area contributed by atoms with E-state index in [0.29, 0.717) is 50.4 Å². The maximum Gasteiger partial charge on any atom is 0.416 e. The fraction of sp³-hybridized carbons (Fsp3) is 0.444. The predicted molar refractivity (Wildman–Crippen MR) is 172 cm³/mol. The average Bonchev–Trinajstić information content (AvgIpc) is 3.05. The average molecular weight is 747 g/mol. The third kappa shape index (κ3) is 9.43. The lowest BCUT2D eigenvalue weighted by molar-refractivity contribution is -0.143. The number of rotatable bonds is 7. The van der Waals surface area contributed by atoms with Gasteiger partial charge in [0.1, 0.15) is 5.82 Å². The molecule has 2 aliphatic heterocycles. The van der Waals surface area contributed by atoms with Crippen molar-refractivity contribution in [2.45, 2.75) is 63.7 Å². The number of amides is 2. The maximum absolute atomic E-state index is 14.4. The van der Waals surface area contributed by atoms with Gasteiger partial charge in [0.2, 0.25) is 5.91 Å². The number of anilines is 1. The molecule has 3 aromatic carbocycles. The maximum atomic E-state index is 14.4. The molecule has 0 aliphatic carbocycles. The van der Waals surface area contributed by atoms with Gasteiger partial charge in [0.25, 0.3) is 5.91 Å². The van der Waals surface area contributed by atoms with E-state index in [9.17, 15) is 53.5 Å². The highest BCUT2D eigenvalue weighted by atomic mass is 19.4. The molecule has 16 heteroatoms. The number of benzene rings is 3. The van der Waals surface area contributed by atoms with Gasteiger partial charge in [-0.25, -0.2) is 4.39 Å². The first-order valence-electron chi connectivity index (χ1n) is 16.5. The molecule has 282 valence electrons. The number of carbonyl (C=O) groups excluding carboxylic acids is 2. The molecule has 0 saturated carbocycles. The molecule has 2 heterocycles. The van der Waals surface area contributed by atoms with Gasteiger partial charge in [-0.05, 0) is 86.2 Å². The Balaban J connectivity index is 1.35. The number of piperazine rings is 1. The third-order valence-corrected chi connectivity index (χ3v) is 9.58. The first-order chi connectivity index (χ1) is 24.2. The van der Waals surface area contributed by atoms with Crippen molar-refractivity contribution in [3.63, 3.8) is 0 Å². The van der Waals surface area contributed by atoms with E-state index < -0.39 is 58.5 Å². The Hall–Kier alpha value is -4.18. The van der Waals surface area contributed by atoms with Crippen LogP contribution >= 0.6 is 0 Å². The SMILES string of the molecule is Cc1cccc(C)c1NC(=O)CN1CCN([C@H]2CCN(C(=O)c3cc(C(F)(F)F)cc(C(F)(F)F)c3)[C@H](Cc3cc(F)cc(C(F)(F)F)c3)C2)CC1. The Morgan fingerprint density at radius 2 is 1.31 bits per heavy atom. The van der Waals surface area contributed by atoms with Crippen LogP contribution < -0.4 is 5.32 Å². The molecule has 2 aliphatic rings. The highest BCUT2D eigenvalue weighted by Crippen LogP contribution is 2.38. The molecule has 0 unspecified atom stereocenters. The van der Waals surface area contributed by atoms with Gasteiger partial charge < -0.3 is 10.2 Å². The van der Waals surface area contributed by atoms with Crippen LogP contribution in [0, 0.1) is 19.7 Å². The number of halogens is 10. The Morgan fingerprint density at radius 1 is 0.750 bits per heavy atom. The van der Waals surface area contributed by atoms with E-state index in [4.69, 9.17) is 0 Å². The molecule has 0 spiro atoms. The topological polar surface area (TPSA) is 55.9 Å². The second-order valence-electron chi connectivity index (χ2n) is 13.3.